The van der Waals surface area contributed by atoms with Crippen LogP contribution in [0, 0.1) is 0 Å². The van der Waals surface area contributed by atoms with E-state index in [-0.39, 0.29) is 12.5 Å². The van der Waals surface area contributed by atoms with Crippen LogP contribution < -0.4 is 5.32 Å². The smallest absolute Gasteiger partial charge is 0.394 e. The highest BCUT2D eigenvalue weighted by Gasteiger charge is 2.48. The quantitative estimate of drug-likeness (QED) is 0.0193. The highest BCUT2D eigenvalue weighted by molar-refractivity contribution is 7.80. The summed E-state index contributed by atoms with van der Waals surface area (Å²) in [7, 11) is -5.08. The van der Waals surface area contributed by atoms with Gasteiger partial charge in [-0.05, 0) is 38.5 Å². The summed E-state index contributed by atoms with van der Waals surface area (Å²) >= 11 is 0. The van der Waals surface area contributed by atoms with E-state index < -0.39 is 59.9 Å². The number of hydrogen-bond acceptors (Lipinski definition) is 10. The summed E-state index contributed by atoms with van der Waals surface area (Å²) in [6.07, 6.45) is 58.2. The Hall–Kier alpha value is -1.16. The van der Waals surface area contributed by atoms with Gasteiger partial charge in [0.1, 0.15) is 24.4 Å². The summed E-state index contributed by atoms with van der Waals surface area (Å²) in [6, 6.07) is -0.856. The lowest BCUT2D eigenvalue weighted by atomic mass is 9.99. The molecule has 0 aromatic heterocycles. The summed E-state index contributed by atoms with van der Waals surface area (Å²) in [4.78, 5) is 13.2. The average molecular weight is 1120 g/mol. The van der Waals surface area contributed by atoms with Crippen LogP contribution in [0.25, 0.3) is 0 Å². The molecule has 1 fully saturated rings. The van der Waals surface area contributed by atoms with E-state index in [9.17, 15) is 38.2 Å². The Balaban J connectivity index is 2.21. The number of hydrogen-bond donors (Lipinski definition) is 6. The van der Waals surface area contributed by atoms with Gasteiger partial charge in [-0.1, -0.05) is 302 Å². The molecule has 77 heavy (non-hydrogen) atoms. The fraction of sp³-hybridized carbons (Fsp3) is 0.953. The topological polar surface area (TPSA) is 192 Å². The van der Waals surface area contributed by atoms with Crippen LogP contribution in [0.2, 0.25) is 0 Å². The number of aliphatic hydroxyl groups is 4. The van der Waals surface area contributed by atoms with Crippen LogP contribution in [0.15, 0.2) is 12.2 Å². The third kappa shape index (κ3) is 46.1. The molecule has 1 rings (SSSR count). The summed E-state index contributed by atoms with van der Waals surface area (Å²) in [5, 5.41) is 45.2. The zero-order valence-electron chi connectivity index (χ0n) is 50.1. The zero-order valence-corrected chi connectivity index (χ0v) is 50.9. The molecular formula is C64H125NO11S. The number of unbranched alkanes of at least 4 members (excludes halogenated alkanes) is 45. The van der Waals surface area contributed by atoms with Crippen molar-refractivity contribution in [2.24, 2.45) is 0 Å². The van der Waals surface area contributed by atoms with E-state index in [0.717, 1.165) is 51.4 Å². The Morgan fingerprint density at radius 3 is 1.17 bits per heavy atom. The van der Waals surface area contributed by atoms with Gasteiger partial charge in [0.15, 0.2) is 6.29 Å². The highest BCUT2D eigenvalue weighted by Crippen LogP contribution is 2.26. The Bertz CT molecular complexity index is 1400. The molecular weight excluding hydrogens is 991 g/mol. The van der Waals surface area contributed by atoms with Gasteiger partial charge >= 0.3 is 10.4 Å². The minimum atomic E-state index is -5.08. The van der Waals surface area contributed by atoms with Crippen LogP contribution in [0.1, 0.15) is 335 Å². The molecule has 0 spiro atoms. The Morgan fingerprint density at radius 1 is 0.506 bits per heavy atom. The second-order valence-electron chi connectivity index (χ2n) is 23.4. The molecule has 13 heteroatoms. The van der Waals surface area contributed by atoms with Crippen molar-refractivity contribution in [1.82, 2.24) is 5.32 Å². The van der Waals surface area contributed by atoms with E-state index in [1.165, 1.54) is 257 Å². The van der Waals surface area contributed by atoms with E-state index in [1.54, 1.807) is 0 Å². The molecule has 1 amide bonds. The largest absolute Gasteiger partial charge is 0.397 e. The van der Waals surface area contributed by atoms with Gasteiger partial charge in [-0.3, -0.25) is 9.35 Å². The van der Waals surface area contributed by atoms with E-state index >= 15 is 0 Å². The molecule has 0 bridgehead atoms. The van der Waals surface area contributed by atoms with E-state index in [2.05, 4.69) is 35.5 Å². The van der Waals surface area contributed by atoms with Crippen LogP contribution in [0.5, 0.6) is 0 Å². The van der Waals surface area contributed by atoms with Crippen LogP contribution in [-0.2, 0) is 28.9 Å². The minimum absolute atomic E-state index is 0.222. The molecule has 6 N–H and O–H groups in total. The summed E-state index contributed by atoms with van der Waals surface area (Å²) < 4.78 is 48.0. The first-order chi connectivity index (χ1) is 37.5. The molecule has 12 nitrogen and oxygen atoms in total. The normalized spacial score (nSPS) is 18.9. The molecule has 0 radical (unpaired) electrons. The van der Waals surface area contributed by atoms with Gasteiger partial charge in [0.2, 0.25) is 5.91 Å². The second-order valence-corrected chi connectivity index (χ2v) is 24.5. The van der Waals surface area contributed by atoms with Crippen molar-refractivity contribution in [3.8, 4) is 0 Å². The maximum absolute atomic E-state index is 13.2. The van der Waals surface area contributed by atoms with Crippen molar-refractivity contribution < 1.29 is 51.8 Å². The van der Waals surface area contributed by atoms with Gasteiger partial charge < -0.3 is 35.2 Å². The predicted octanol–water partition coefficient (Wildman–Crippen LogP) is 16.6. The molecule has 0 aliphatic carbocycles. The van der Waals surface area contributed by atoms with Crippen molar-refractivity contribution in [1.29, 1.82) is 0 Å². The van der Waals surface area contributed by atoms with Gasteiger partial charge in [-0.25, -0.2) is 4.18 Å². The predicted molar refractivity (Wildman–Crippen MR) is 319 cm³/mol. The maximum Gasteiger partial charge on any atom is 0.397 e. The van der Waals surface area contributed by atoms with Crippen LogP contribution in [0.4, 0.5) is 0 Å². The Labute approximate surface area is 474 Å². The molecule has 1 aliphatic rings. The van der Waals surface area contributed by atoms with Gasteiger partial charge in [0.05, 0.1) is 25.4 Å². The fourth-order valence-electron chi connectivity index (χ4n) is 11.0. The summed E-state index contributed by atoms with van der Waals surface area (Å²) in [5.41, 5.74) is 0. The first-order valence-corrected chi connectivity index (χ1v) is 34.4. The average Bonchev–Trinajstić information content (AvgIpc) is 3.41. The molecule has 0 aromatic rings. The first-order valence-electron chi connectivity index (χ1n) is 33.1. The molecule has 0 aromatic carbocycles. The Morgan fingerprint density at radius 2 is 0.831 bits per heavy atom. The molecule has 1 heterocycles. The van der Waals surface area contributed by atoms with Gasteiger partial charge in [-0.2, -0.15) is 8.42 Å². The van der Waals surface area contributed by atoms with Crippen LogP contribution >= 0.6 is 0 Å². The van der Waals surface area contributed by atoms with Gasteiger partial charge in [0, 0.05) is 6.42 Å². The lowest BCUT2D eigenvalue weighted by Crippen LogP contribution is -2.61. The second kappa shape index (κ2) is 54.1. The summed E-state index contributed by atoms with van der Waals surface area (Å²) in [5.74, 6) is -0.222. The van der Waals surface area contributed by atoms with Gasteiger partial charge in [-0.15, -0.1) is 0 Å². The molecule has 1 aliphatic heterocycles. The lowest BCUT2D eigenvalue weighted by molar-refractivity contribution is -0.298. The standard InChI is InChI=1S/C64H125NO11S/c1-3-5-7-9-11-13-15-17-19-21-22-23-24-25-26-27-28-29-30-31-32-33-34-35-36-38-40-42-44-46-48-50-52-54-60(68)65-57(56-74-64-62(70)63(76-77(71,72)73)61(69)59(55-66)75-64)58(67)53-51-49-47-45-43-41-39-37-20-18-16-14-12-10-8-6-4-2/h25-26,57-59,61-64,66-67,69-70H,3-24,27-56H2,1-2H3,(H,65,68)(H,71,72,73)/b26-25-. The number of aliphatic hydroxyl groups excluding tert-OH is 4. The van der Waals surface area contributed by atoms with Gasteiger partial charge in [0.25, 0.3) is 0 Å². The third-order valence-electron chi connectivity index (χ3n) is 16.1. The highest BCUT2D eigenvalue weighted by atomic mass is 32.3. The summed E-state index contributed by atoms with van der Waals surface area (Å²) in [6.45, 7) is 3.51. The molecule has 1 saturated heterocycles. The van der Waals surface area contributed by atoms with Crippen molar-refractivity contribution in [2.45, 2.75) is 378 Å². The van der Waals surface area contributed by atoms with Crippen molar-refractivity contribution in [3.05, 3.63) is 12.2 Å². The first kappa shape index (κ1) is 73.9. The van der Waals surface area contributed by atoms with Crippen molar-refractivity contribution in [3.63, 3.8) is 0 Å². The third-order valence-corrected chi connectivity index (χ3v) is 16.5. The monoisotopic (exact) mass is 1120 g/mol. The molecule has 458 valence electrons. The lowest BCUT2D eigenvalue weighted by Gasteiger charge is -2.41. The number of ether oxygens (including phenoxy) is 2. The van der Waals surface area contributed by atoms with E-state index in [4.69, 9.17) is 9.47 Å². The Kier molecular flexibility index (Phi) is 51.9. The number of nitrogens with one attached hydrogen (secondary N) is 1. The van der Waals surface area contributed by atoms with E-state index in [1.807, 2.05) is 0 Å². The molecule has 7 unspecified atom stereocenters. The molecule has 0 saturated carbocycles. The number of amides is 1. The van der Waals surface area contributed by atoms with Crippen LogP contribution in [-0.4, -0.2) is 95.4 Å². The van der Waals surface area contributed by atoms with E-state index in [0.29, 0.717) is 12.8 Å². The maximum atomic E-state index is 13.2. The number of carbonyl (C=O) groups is 1. The number of rotatable bonds is 59. The fourth-order valence-corrected chi connectivity index (χ4v) is 11.5. The minimum Gasteiger partial charge on any atom is -0.394 e. The zero-order chi connectivity index (χ0) is 56.1. The number of carbonyl (C=O) groups excluding carboxylic acids is 1. The number of allylic oxidation sites excluding steroid dienone is 2. The van der Waals surface area contributed by atoms with Crippen molar-refractivity contribution >= 4 is 16.3 Å². The van der Waals surface area contributed by atoms with Crippen LogP contribution in [0.3, 0.4) is 0 Å². The SMILES string of the molecule is CCCCCCCCCCCCCC/C=C\CCCCCCCCCCCCCCCCCCCC(=O)NC(COC1OC(CO)C(O)C(OS(=O)(=O)O)C1O)C(O)CCCCCCCCCCCCCCCCCCC. The molecule has 7 atom stereocenters. The van der Waals surface area contributed by atoms with Crippen molar-refractivity contribution in [2.75, 3.05) is 13.2 Å².